The van der Waals surface area contributed by atoms with Crippen LogP contribution in [0.25, 0.3) is 0 Å². The normalized spacial score (nSPS) is 16.6. The van der Waals surface area contributed by atoms with Crippen LogP contribution in [0.15, 0.2) is 36.5 Å². The first-order valence-corrected chi connectivity index (χ1v) is 12.3. The molecule has 2 aliphatic rings. The summed E-state index contributed by atoms with van der Waals surface area (Å²) in [6.07, 6.45) is 5.01. The maximum absolute atomic E-state index is 13.5. The number of morpholine rings is 1. The molecule has 180 valence electrons. The van der Waals surface area contributed by atoms with E-state index in [4.69, 9.17) is 9.84 Å². The summed E-state index contributed by atoms with van der Waals surface area (Å²) >= 11 is 0. The van der Waals surface area contributed by atoms with Crippen LogP contribution < -0.4 is 0 Å². The monoisotopic (exact) mass is 462 g/mol. The number of fused-ring (bicyclic) bond motifs is 1. The third-order valence-electron chi connectivity index (χ3n) is 6.90. The van der Waals surface area contributed by atoms with Gasteiger partial charge in [-0.1, -0.05) is 30.3 Å². The second-order valence-corrected chi connectivity index (χ2v) is 9.36. The van der Waals surface area contributed by atoms with E-state index in [-0.39, 0.29) is 5.91 Å². The molecule has 1 amide bonds. The average molecular weight is 463 g/mol. The second kappa shape index (κ2) is 10.1. The fourth-order valence-electron chi connectivity index (χ4n) is 5.08. The van der Waals surface area contributed by atoms with Crippen LogP contribution in [0.3, 0.4) is 0 Å². The van der Waals surface area contributed by atoms with Crippen molar-refractivity contribution in [1.82, 2.24) is 29.4 Å². The van der Waals surface area contributed by atoms with E-state index in [2.05, 4.69) is 58.1 Å². The zero-order valence-corrected chi connectivity index (χ0v) is 20.2. The van der Waals surface area contributed by atoms with E-state index in [9.17, 15) is 4.79 Å². The first-order chi connectivity index (χ1) is 16.6. The number of benzene rings is 1. The number of carbonyl (C=O) groups excluding carboxylic acids is 1. The Bertz CT molecular complexity index is 1130. The highest BCUT2D eigenvalue weighted by Gasteiger charge is 2.31. The van der Waals surface area contributed by atoms with Crippen molar-refractivity contribution in [3.8, 4) is 0 Å². The SMILES string of the molecule is Cc1nn(C)cc1CN1CCc2c(c(C(=O)N3CCOCC3)nn2CCCc2ccccc2)C1. The number of aryl methyl sites for hydroxylation is 4. The van der Waals surface area contributed by atoms with E-state index in [0.29, 0.717) is 32.0 Å². The molecule has 5 rings (SSSR count). The zero-order valence-electron chi connectivity index (χ0n) is 20.2. The van der Waals surface area contributed by atoms with Crippen molar-refractivity contribution in [3.63, 3.8) is 0 Å². The molecule has 0 unspecified atom stereocenters. The predicted molar refractivity (Wildman–Crippen MR) is 129 cm³/mol. The lowest BCUT2D eigenvalue weighted by molar-refractivity contribution is 0.0297. The van der Waals surface area contributed by atoms with Crippen LogP contribution in [0, 0.1) is 6.92 Å². The van der Waals surface area contributed by atoms with Gasteiger partial charge in [0, 0.05) is 75.8 Å². The van der Waals surface area contributed by atoms with Crippen LogP contribution >= 0.6 is 0 Å². The van der Waals surface area contributed by atoms with Crippen LogP contribution in [0.2, 0.25) is 0 Å². The van der Waals surface area contributed by atoms with Crippen molar-refractivity contribution < 1.29 is 9.53 Å². The minimum atomic E-state index is 0.0424. The molecule has 0 N–H and O–H groups in total. The summed E-state index contributed by atoms with van der Waals surface area (Å²) in [4.78, 5) is 17.8. The van der Waals surface area contributed by atoms with Crippen molar-refractivity contribution in [1.29, 1.82) is 0 Å². The molecule has 0 radical (unpaired) electrons. The molecule has 1 fully saturated rings. The molecule has 0 aliphatic carbocycles. The van der Waals surface area contributed by atoms with Crippen molar-refractivity contribution >= 4 is 5.91 Å². The number of aromatic nitrogens is 4. The molecule has 2 aromatic heterocycles. The summed E-state index contributed by atoms with van der Waals surface area (Å²) in [7, 11) is 1.96. The maximum Gasteiger partial charge on any atom is 0.274 e. The third-order valence-corrected chi connectivity index (χ3v) is 6.90. The molecule has 0 spiro atoms. The zero-order chi connectivity index (χ0) is 23.5. The van der Waals surface area contributed by atoms with Gasteiger partial charge in [0.1, 0.15) is 0 Å². The second-order valence-electron chi connectivity index (χ2n) is 9.36. The Balaban J connectivity index is 1.36. The van der Waals surface area contributed by atoms with E-state index in [1.807, 2.05) is 16.6 Å². The van der Waals surface area contributed by atoms with Crippen molar-refractivity contribution in [2.24, 2.45) is 7.05 Å². The number of nitrogens with zero attached hydrogens (tertiary/aromatic N) is 6. The Labute approximate surface area is 201 Å². The van der Waals surface area contributed by atoms with Gasteiger partial charge in [-0.25, -0.2) is 0 Å². The summed E-state index contributed by atoms with van der Waals surface area (Å²) in [5, 5.41) is 9.39. The standard InChI is InChI=1S/C26H34N6O2/c1-20-22(17-29(2)27-20)18-30-12-10-24-23(19-30)25(26(33)31-13-15-34-16-14-31)28-32(24)11-6-9-21-7-4-3-5-8-21/h3-5,7-8,17H,6,9-16,18-19H2,1-2H3. The fraction of sp³-hybridized carbons (Fsp3) is 0.500. The molecular weight excluding hydrogens is 428 g/mol. The molecule has 8 heteroatoms. The third kappa shape index (κ3) is 4.93. The summed E-state index contributed by atoms with van der Waals surface area (Å²) in [6.45, 7) is 7.88. The van der Waals surface area contributed by atoms with Gasteiger partial charge < -0.3 is 9.64 Å². The molecule has 1 aromatic carbocycles. The first kappa shape index (κ1) is 22.8. The first-order valence-electron chi connectivity index (χ1n) is 12.3. The number of rotatable bonds is 7. The molecule has 1 saturated heterocycles. The lowest BCUT2D eigenvalue weighted by Gasteiger charge is -2.29. The smallest absolute Gasteiger partial charge is 0.274 e. The van der Waals surface area contributed by atoms with E-state index in [0.717, 1.165) is 56.7 Å². The molecular formula is C26H34N6O2. The van der Waals surface area contributed by atoms with Crippen LogP contribution in [0.1, 0.15) is 45.0 Å². The predicted octanol–water partition coefficient (Wildman–Crippen LogP) is 2.59. The van der Waals surface area contributed by atoms with Gasteiger partial charge >= 0.3 is 0 Å². The highest BCUT2D eigenvalue weighted by molar-refractivity contribution is 5.94. The van der Waals surface area contributed by atoms with Crippen molar-refractivity contribution in [3.05, 3.63) is 70.3 Å². The van der Waals surface area contributed by atoms with Crippen LogP contribution in [-0.2, 0) is 44.3 Å². The fourth-order valence-corrected chi connectivity index (χ4v) is 5.08. The lowest BCUT2D eigenvalue weighted by Crippen LogP contribution is -2.41. The quantitative estimate of drug-likeness (QED) is 0.540. The Morgan fingerprint density at radius 3 is 2.62 bits per heavy atom. The average Bonchev–Trinajstić information content (AvgIpc) is 3.38. The van der Waals surface area contributed by atoms with Gasteiger partial charge in [0.05, 0.1) is 18.9 Å². The minimum Gasteiger partial charge on any atom is -0.378 e. The molecule has 0 saturated carbocycles. The van der Waals surface area contributed by atoms with Gasteiger partial charge in [-0.3, -0.25) is 19.1 Å². The molecule has 34 heavy (non-hydrogen) atoms. The van der Waals surface area contributed by atoms with Gasteiger partial charge in [-0.2, -0.15) is 10.2 Å². The summed E-state index contributed by atoms with van der Waals surface area (Å²) in [5.74, 6) is 0.0424. The maximum atomic E-state index is 13.5. The molecule has 0 bridgehead atoms. The lowest BCUT2D eigenvalue weighted by atomic mass is 10.0. The number of carbonyl (C=O) groups is 1. The molecule has 4 heterocycles. The molecule has 2 aliphatic heterocycles. The van der Waals surface area contributed by atoms with E-state index in [1.165, 1.54) is 16.8 Å². The number of amides is 1. The van der Waals surface area contributed by atoms with Gasteiger partial charge in [0.25, 0.3) is 5.91 Å². The van der Waals surface area contributed by atoms with E-state index in [1.54, 1.807) is 0 Å². The number of hydrogen-bond acceptors (Lipinski definition) is 5. The molecule has 8 nitrogen and oxygen atoms in total. The molecule has 0 atom stereocenters. The van der Waals surface area contributed by atoms with Gasteiger partial charge in [0.15, 0.2) is 5.69 Å². The number of ether oxygens (including phenoxy) is 1. The van der Waals surface area contributed by atoms with Gasteiger partial charge in [-0.15, -0.1) is 0 Å². The topological polar surface area (TPSA) is 68.4 Å². The summed E-state index contributed by atoms with van der Waals surface area (Å²) < 4.78 is 9.44. The van der Waals surface area contributed by atoms with Crippen LogP contribution in [-0.4, -0.2) is 68.1 Å². The van der Waals surface area contributed by atoms with Crippen LogP contribution in [0.4, 0.5) is 0 Å². The van der Waals surface area contributed by atoms with Crippen LogP contribution in [0.5, 0.6) is 0 Å². The minimum absolute atomic E-state index is 0.0424. The van der Waals surface area contributed by atoms with Gasteiger partial charge in [0.2, 0.25) is 0 Å². The molecule has 3 aromatic rings. The summed E-state index contributed by atoms with van der Waals surface area (Å²) in [5.41, 5.74) is 6.60. The number of hydrogen-bond donors (Lipinski definition) is 0. The van der Waals surface area contributed by atoms with E-state index < -0.39 is 0 Å². The van der Waals surface area contributed by atoms with E-state index >= 15 is 0 Å². The Hall–Kier alpha value is -2.97. The van der Waals surface area contributed by atoms with Crippen molar-refractivity contribution in [2.75, 3.05) is 32.8 Å². The largest absolute Gasteiger partial charge is 0.378 e. The van der Waals surface area contributed by atoms with Gasteiger partial charge in [-0.05, 0) is 25.3 Å². The Kier molecular flexibility index (Phi) is 6.78. The Morgan fingerprint density at radius 1 is 1.09 bits per heavy atom. The highest BCUT2D eigenvalue weighted by atomic mass is 16.5. The highest BCUT2D eigenvalue weighted by Crippen LogP contribution is 2.26. The van der Waals surface area contributed by atoms with Crippen molar-refractivity contribution in [2.45, 2.75) is 45.8 Å². The Morgan fingerprint density at radius 2 is 1.88 bits per heavy atom. The summed E-state index contributed by atoms with van der Waals surface area (Å²) in [6, 6.07) is 10.6.